The molecule has 2 N–H and O–H groups in total. The number of carbonyl (C=O) groups is 1. The standard InChI is InChI=1S/C12H17FN2O/c1-3-9(2)15-12(16)14-8-10-4-6-11(13)7-5-10/h4-7,9H,3,8H2,1-2H3,(H2,14,15,16)/t9-/m1/s1. The summed E-state index contributed by atoms with van der Waals surface area (Å²) in [4.78, 5) is 11.4. The molecular formula is C12H17FN2O. The highest BCUT2D eigenvalue weighted by molar-refractivity contribution is 5.74. The van der Waals surface area contributed by atoms with Crippen molar-refractivity contribution in [2.24, 2.45) is 0 Å². The van der Waals surface area contributed by atoms with Crippen molar-refractivity contribution in [1.29, 1.82) is 0 Å². The Morgan fingerprint density at radius 1 is 1.38 bits per heavy atom. The van der Waals surface area contributed by atoms with Gasteiger partial charge in [-0.25, -0.2) is 9.18 Å². The molecular weight excluding hydrogens is 207 g/mol. The van der Waals surface area contributed by atoms with Gasteiger partial charge in [-0.05, 0) is 31.0 Å². The highest BCUT2D eigenvalue weighted by Gasteiger charge is 2.04. The van der Waals surface area contributed by atoms with Gasteiger partial charge in [-0.15, -0.1) is 0 Å². The van der Waals surface area contributed by atoms with Gasteiger partial charge in [-0.1, -0.05) is 19.1 Å². The van der Waals surface area contributed by atoms with Crippen molar-refractivity contribution in [1.82, 2.24) is 10.6 Å². The molecule has 0 heterocycles. The van der Waals surface area contributed by atoms with Gasteiger partial charge in [0.15, 0.2) is 0 Å². The molecule has 3 nitrogen and oxygen atoms in total. The van der Waals surface area contributed by atoms with Crippen LogP contribution < -0.4 is 10.6 Å². The molecule has 0 radical (unpaired) electrons. The van der Waals surface area contributed by atoms with E-state index in [-0.39, 0.29) is 17.9 Å². The fraction of sp³-hybridized carbons (Fsp3) is 0.417. The summed E-state index contributed by atoms with van der Waals surface area (Å²) in [5.41, 5.74) is 0.876. The Kier molecular flexibility index (Phi) is 4.76. The number of urea groups is 1. The second-order valence-electron chi connectivity index (χ2n) is 3.76. The summed E-state index contributed by atoms with van der Waals surface area (Å²) < 4.78 is 12.6. The maximum atomic E-state index is 12.6. The SMILES string of the molecule is CC[C@@H](C)NC(=O)NCc1ccc(F)cc1. The largest absolute Gasteiger partial charge is 0.336 e. The van der Waals surface area contributed by atoms with Crippen molar-refractivity contribution in [3.05, 3.63) is 35.6 Å². The fourth-order valence-electron chi connectivity index (χ4n) is 1.16. The molecule has 1 atom stereocenters. The molecule has 0 bridgehead atoms. The van der Waals surface area contributed by atoms with Crippen LogP contribution in [0.25, 0.3) is 0 Å². The zero-order valence-electron chi connectivity index (χ0n) is 9.59. The minimum Gasteiger partial charge on any atom is -0.336 e. The number of amides is 2. The maximum absolute atomic E-state index is 12.6. The Hall–Kier alpha value is -1.58. The van der Waals surface area contributed by atoms with Crippen molar-refractivity contribution in [3.8, 4) is 0 Å². The van der Waals surface area contributed by atoms with Crippen LogP contribution in [0.1, 0.15) is 25.8 Å². The van der Waals surface area contributed by atoms with E-state index in [0.29, 0.717) is 6.54 Å². The third-order valence-corrected chi connectivity index (χ3v) is 2.36. The topological polar surface area (TPSA) is 41.1 Å². The van der Waals surface area contributed by atoms with E-state index in [1.165, 1.54) is 12.1 Å². The van der Waals surface area contributed by atoms with Crippen LogP contribution in [0, 0.1) is 5.82 Å². The van der Waals surface area contributed by atoms with Gasteiger partial charge in [0, 0.05) is 12.6 Å². The van der Waals surface area contributed by atoms with E-state index >= 15 is 0 Å². The lowest BCUT2D eigenvalue weighted by Gasteiger charge is -2.12. The molecule has 0 aliphatic heterocycles. The zero-order chi connectivity index (χ0) is 12.0. The maximum Gasteiger partial charge on any atom is 0.315 e. The number of hydrogen-bond donors (Lipinski definition) is 2. The van der Waals surface area contributed by atoms with Crippen molar-refractivity contribution in [3.63, 3.8) is 0 Å². The highest BCUT2D eigenvalue weighted by Crippen LogP contribution is 2.01. The monoisotopic (exact) mass is 224 g/mol. The molecule has 0 saturated carbocycles. The van der Waals surface area contributed by atoms with Crippen molar-refractivity contribution < 1.29 is 9.18 Å². The second-order valence-corrected chi connectivity index (χ2v) is 3.76. The first kappa shape index (κ1) is 12.5. The second kappa shape index (κ2) is 6.10. The predicted molar refractivity (Wildman–Crippen MR) is 61.5 cm³/mol. The number of nitrogens with one attached hydrogen (secondary N) is 2. The number of halogens is 1. The molecule has 88 valence electrons. The van der Waals surface area contributed by atoms with E-state index in [1.54, 1.807) is 12.1 Å². The lowest BCUT2D eigenvalue weighted by atomic mass is 10.2. The van der Waals surface area contributed by atoms with Gasteiger partial charge in [-0.3, -0.25) is 0 Å². The molecule has 16 heavy (non-hydrogen) atoms. The smallest absolute Gasteiger partial charge is 0.315 e. The average Bonchev–Trinajstić information content (AvgIpc) is 2.28. The predicted octanol–water partition coefficient (Wildman–Crippen LogP) is 2.42. The molecule has 0 unspecified atom stereocenters. The molecule has 0 aliphatic carbocycles. The normalized spacial score (nSPS) is 11.9. The fourth-order valence-corrected chi connectivity index (χ4v) is 1.16. The number of rotatable bonds is 4. The first-order chi connectivity index (χ1) is 7.61. The molecule has 2 amide bonds. The summed E-state index contributed by atoms with van der Waals surface area (Å²) in [5, 5.41) is 5.50. The average molecular weight is 224 g/mol. The highest BCUT2D eigenvalue weighted by atomic mass is 19.1. The van der Waals surface area contributed by atoms with Gasteiger partial charge in [0.25, 0.3) is 0 Å². The molecule has 0 aliphatic rings. The van der Waals surface area contributed by atoms with E-state index < -0.39 is 0 Å². The van der Waals surface area contributed by atoms with Crippen LogP contribution in [-0.2, 0) is 6.54 Å². The molecule has 0 spiro atoms. The summed E-state index contributed by atoms with van der Waals surface area (Å²) in [7, 11) is 0. The van der Waals surface area contributed by atoms with Crippen molar-refractivity contribution in [2.45, 2.75) is 32.9 Å². The minimum atomic E-state index is -0.271. The van der Waals surface area contributed by atoms with E-state index in [1.807, 2.05) is 13.8 Å². The Balaban J connectivity index is 2.34. The summed E-state index contributed by atoms with van der Waals surface area (Å²) in [5.74, 6) is -0.271. The quantitative estimate of drug-likeness (QED) is 0.810. The summed E-state index contributed by atoms with van der Waals surface area (Å²) >= 11 is 0. The van der Waals surface area contributed by atoms with Gasteiger partial charge < -0.3 is 10.6 Å². The molecule has 0 saturated heterocycles. The van der Waals surface area contributed by atoms with Crippen LogP contribution in [0.2, 0.25) is 0 Å². The van der Waals surface area contributed by atoms with Crippen LogP contribution in [0.3, 0.4) is 0 Å². The Labute approximate surface area is 95.0 Å². The molecule has 1 aromatic rings. The number of benzene rings is 1. The zero-order valence-corrected chi connectivity index (χ0v) is 9.59. The number of hydrogen-bond acceptors (Lipinski definition) is 1. The minimum absolute atomic E-state index is 0.160. The van der Waals surface area contributed by atoms with Gasteiger partial charge in [-0.2, -0.15) is 0 Å². The van der Waals surface area contributed by atoms with Gasteiger partial charge in [0.05, 0.1) is 0 Å². The van der Waals surface area contributed by atoms with Gasteiger partial charge in [0.2, 0.25) is 0 Å². The molecule has 0 aromatic heterocycles. The summed E-state index contributed by atoms with van der Waals surface area (Å²) in [6.45, 7) is 4.35. The van der Waals surface area contributed by atoms with Crippen molar-refractivity contribution >= 4 is 6.03 Å². The summed E-state index contributed by atoms with van der Waals surface area (Å²) in [6, 6.07) is 6.03. The van der Waals surface area contributed by atoms with Crippen LogP contribution in [0.4, 0.5) is 9.18 Å². The van der Waals surface area contributed by atoms with Crippen LogP contribution >= 0.6 is 0 Å². The van der Waals surface area contributed by atoms with Gasteiger partial charge >= 0.3 is 6.03 Å². The molecule has 1 aromatic carbocycles. The molecule has 4 heteroatoms. The Morgan fingerprint density at radius 3 is 2.56 bits per heavy atom. The Morgan fingerprint density at radius 2 is 2.00 bits per heavy atom. The first-order valence-electron chi connectivity index (χ1n) is 5.40. The lowest BCUT2D eigenvalue weighted by Crippen LogP contribution is -2.40. The summed E-state index contributed by atoms with van der Waals surface area (Å²) in [6.07, 6.45) is 0.893. The van der Waals surface area contributed by atoms with Crippen molar-refractivity contribution in [2.75, 3.05) is 0 Å². The number of carbonyl (C=O) groups excluding carboxylic acids is 1. The Bertz CT molecular complexity index is 337. The van der Waals surface area contributed by atoms with Crippen LogP contribution in [-0.4, -0.2) is 12.1 Å². The lowest BCUT2D eigenvalue weighted by molar-refractivity contribution is 0.237. The van der Waals surface area contributed by atoms with E-state index in [2.05, 4.69) is 10.6 Å². The first-order valence-corrected chi connectivity index (χ1v) is 5.40. The third-order valence-electron chi connectivity index (χ3n) is 2.36. The van der Waals surface area contributed by atoms with Crippen LogP contribution in [0.5, 0.6) is 0 Å². The van der Waals surface area contributed by atoms with E-state index in [9.17, 15) is 9.18 Å². The third kappa shape index (κ3) is 4.29. The molecule has 1 rings (SSSR count). The van der Waals surface area contributed by atoms with Crippen LogP contribution in [0.15, 0.2) is 24.3 Å². The van der Waals surface area contributed by atoms with Gasteiger partial charge in [0.1, 0.15) is 5.82 Å². The van der Waals surface area contributed by atoms with E-state index in [0.717, 1.165) is 12.0 Å². The molecule has 0 fully saturated rings. The van der Waals surface area contributed by atoms with E-state index in [4.69, 9.17) is 0 Å².